The van der Waals surface area contributed by atoms with Crippen LogP contribution in [0.2, 0.25) is 5.02 Å². The zero-order valence-corrected chi connectivity index (χ0v) is 16.6. The number of aryl methyl sites for hydroxylation is 1. The number of oxime groups is 1. The van der Waals surface area contributed by atoms with Crippen molar-refractivity contribution in [1.82, 2.24) is 9.78 Å². The van der Waals surface area contributed by atoms with Gasteiger partial charge in [-0.1, -0.05) is 47.1 Å². The highest BCUT2D eigenvalue weighted by Gasteiger charge is 2.39. The van der Waals surface area contributed by atoms with E-state index in [1.807, 2.05) is 0 Å². The van der Waals surface area contributed by atoms with Crippen LogP contribution in [0.4, 0.5) is 18.9 Å². The lowest BCUT2D eigenvalue weighted by Gasteiger charge is -2.12. The number of halogens is 4. The molecule has 0 radical (unpaired) electrons. The highest BCUT2D eigenvalue weighted by Crippen LogP contribution is 2.33. The third-order valence-electron chi connectivity index (χ3n) is 4.13. The third-order valence-corrected chi connectivity index (χ3v) is 4.45. The molecule has 0 atom stereocenters. The quantitative estimate of drug-likeness (QED) is 0.452. The van der Waals surface area contributed by atoms with Gasteiger partial charge in [0, 0.05) is 30.1 Å². The molecule has 1 aromatic heterocycles. The second kappa shape index (κ2) is 8.58. The van der Waals surface area contributed by atoms with E-state index in [2.05, 4.69) is 20.4 Å². The standard InChI is InChI=1S/C20H16ClF3N4O2/c1-28-11-15(18(27-28)20(22,23)24)19(29)26-17-6-4-3-5-14(17)12-7-8-13(10-25-30-2)16(21)9-12/h3-11H,1-2H3,(H,26,29)/b25-10+. The summed E-state index contributed by atoms with van der Waals surface area (Å²) in [6, 6.07) is 11.8. The summed E-state index contributed by atoms with van der Waals surface area (Å²) in [5.74, 6) is -0.919. The van der Waals surface area contributed by atoms with Crippen molar-refractivity contribution in [2.45, 2.75) is 6.18 Å². The number of nitrogens with zero attached hydrogens (tertiary/aromatic N) is 3. The van der Waals surface area contributed by atoms with Gasteiger partial charge in [-0.15, -0.1) is 0 Å². The Kier molecular flexibility index (Phi) is 6.12. The van der Waals surface area contributed by atoms with Crippen LogP contribution in [0.3, 0.4) is 0 Å². The highest BCUT2D eigenvalue weighted by atomic mass is 35.5. The molecule has 0 saturated heterocycles. The number of hydrogen-bond donors (Lipinski definition) is 1. The maximum absolute atomic E-state index is 13.2. The summed E-state index contributed by atoms with van der Waals surface area (Å²) in [4.78, 5) is 17.2. The molecule has 10 heteroatoms. The summed E-state index contributed by atoms with van der Waals surface area (Å²) in [6.45, 7) is 0. The minimum absolute atomic E-state index is 0.328. The average Bonchev–Trinajstić information content (AvgIpc) is 3.10. The molecule has 0 saturated carbocycles. The van der Waals surface area contributed by atoms with Crippen molar-refractivity contribution in [3.05, 3.63) is 70.5 Å². The summed E-state index contributed by atoms with van der Waals surface area (Å²) in [5.41, 5.74) is 0.379. The summed E-state index contributed by atoms with van der Waals surface area (Å²) >= 11 is 6.27. The number of hydrogen-bond acceptors (Lipinski definition) is 4. The maximum Gasteiger partial charge on any atom is 0.435 e. The monoisotopic (exact) mass is 436 g/mol. The summed E-state index contributed by atoms with van der Waals surface area (Å²) in [5, 5.41) is 9.95. The van der Waals surface area contributed by atoms with E-state index in [9.17, 15) is 18.0 Å². The van der Waals surface area contributed by atoms with Gasteiger partial charge in [-0.05, 0) is 17.7 Å². The first kappa shape index (κ1) is 21.4. The van der Waals surface area contributed by atoms with Gasteiger partial charge < -0.3 is 10.2 Å². The lowest BCUT2D eigenvalue weighted by atomic mass is 10.0. The van der Waals surface area contributed by atoms with Crippen LogP contribution in [-0.4, -0.2) is 29.0 Å². The first-order valence-electron chi connectivity index (χ1n) is 8.58. The number of rotatable bonds is 5. The van der Waals surface area contributed by atoms with E-state index in [0.29, 0.717) is 27.4 Å². The second-order valence-corrected chi connectivity index (χ2v) is 6.62. The molecule has 2 aromatic carbocycles. The normalized spacial score (nSPS) is 11.7. The van der Waals surface area contributed by atoms with E-state index < -0.39 is 23.3 Å². The van der Waals surface area contributed by atoms with Gasteiger partial charge in [0.25, 0.3) is 5.91 Å². The summed E-state index contributed by atoms with van der Waals surface area (Å²) in [6.07, 6.45) is -2.27. The molecule has 0 spiro atoms. The molecule has 30 heavy (non-hydrogen) atoms. The maximum atomic E-state index is 13.2. The molecule has 3 aromatic rings. The molecule has 1 amide bonds. The van der Waals surface area contributed by atoms with Gasteiger partial charge >= 0.3 is 6.18 Å². The van der Waals surface area contributed by atoms with Gasteiger partial charge in [0.2, 0.25) is 0 Å². The van der Waals surface area contributed by atoms with Crippen molar-refractivity contribution in [2.24, 2.45) is 12.2 Å². The number of aromatic nitrogens is 2. The molecule has 0 aliphatic carbocycles. The predicted molar refractivity (Wildman–Crippen MR) is 108 cm³/mol. The number of carbonyl (C=O) groups is 1. The molecule has 0 fully saturated rings. The Bertz CT molecular complexity index is 1110. The van der Waals surface area contributed by atoms with Crippen LogP contribution >= 0.6 is 11.6 Å². The molecule has 0 aliphatic heterocycles. The summed E-state index contributed by atoms with van der Waals surface area (Å²) < 4.78 is 40.5. The van der Waals surface area contributed by atoms with Crippen LogP contribution in [-0.2, 0) is 18.1 Å². The van der Waals surface area contributed by atoms with E-state index in [0.717, 1.165) is 10.9 Å². The smallest absolute Gasteiger partial charge is 0.399 e. The van der Waals surface area contributed by atoms with E-state index in [1.54, 1.807) is 42.5 Å². The first-order chi connectivity index (χ1) is 14.2. The molecule has 156 valence electrons. The molecular formula is C20H16ClF3N4O2. The van der Waals surface area contributed by atoms with Gasteiger partial charge in [0.1, 0.15) is 7.11 Å². The second-order valence-electron chi connectivity index (χ2n) is 6.22. The predicted octanol–water partition coefficient (Wildman–Crippen LogP) is 4.99. The lowest BCUT2D eigenvalue weighted by molar-refractivity contribution is -0.141. The van der Waals surface area contributed by atoms with Gasteiger partial charge in [0.05, 0.1) is 16.8 Å². The van der Waals surface area contributed by atoms with Crippen LogP contribution in [0, 0.1) is 0 Å². The minimum Gasteiger partial charge on any atom is -0.399 e. The van der Waals surface area contributed by atoms with Gasteiger partial charge in [-0.2, -0.15) is 18.3 Å². The summed E-state index contributed by atoms with van der Waals surface area (Å²) in [7, 11) is 2.72. The number of nitrogens with one attached hydrogen (secondary N) is 1. The number of para-hydroxylation sites is 1. The first-order valence-corrected chi connectivity index (χ1v) is 8.96. The zero-order chi connectivity index (χ0) is 21.9. The Morgan fingerprint density at radius 1 is 1.27 bits per heavy atom. The van der Waals surface area contributed by atoms with E-state index in [1.165, 1.54) is 20.4 Å². The molecule has 0 bridgehead atoms. The van der Waals surface area contributed by atoms with Crippen LogP contribution in [0.15, 0.2) is 53.8 Å². The molecular weight excluding hydrogens is 421 g/mol. The highest BCUT2D eigenvalue weighted by molar-refractivity contribution is 6.33. The van der Waals surface area contributed by atoms with E-state index >= 15 is 0 Å². The Hall–Kier alpha value is -3.33. The Morgan fingerprint density at radius 2 is 2.00 bits per heavy atom. The van der Waals surface area contributed by atoms with Crippen molar-refractivity contribution in [2.75, 3.05) is 12.4 Å². The molecule has 1 heterocycles. The largest absolute Gasteiger partial charge is 0.435 e. The molecule has 1 N–H and O–H groups in total. The van der Waals surface area contributed by atoms with Crippen LogP contribution < -0.4 is 5.32 Å². The Labute approximate surface area is 174 Å². The number of carbonyl (C=O) groups excluding carboxylic acids is 1. The fourth-order valence-corrected chi connectivity index (χ4v) is 3.04. The number of benzene rings is 2. The van der Waals surface area contributed by atoms with Gasteiger partial charge in [-0.3, -0.25) is 9.48 Å². The van der Waals surface area contributed by atoms with Gasteiger partial charge in [0.15, 0.2) is 5.69 Å². The Balaban J connectivity index is 1.95. The number of anilines is 1. The van der Waals surface area contributed by atoms with E-state index in [4.69, 9.17) is 11.6 Å². The van der Waals surface area contributed by atoms with Crippen LogP contribution in [0.5, 0.6) is 0 Å². The average molecular weight is 437 g/mol. The minimum atomic E-state index is -4.75. The third kappa shape index (κ3) is 4.62. The fourth-order valence-electron chi connectivity index (χ4n) is 2.81. The van der Waals surface area contributed by atoms with E-state index in [-0.39, 0.29) is 0 Å². The number of amides is 1. The van der Waals surface area contributed by atoms with Crippen molar-refractivity contribution < 1.29 is 22.8 Å². The molecule has 0 unspecified atom stereocenters. The van der Waals surface area contributed by atoms with Crippen molar-refractivity contribution >= 4 is 29.4 Å². The van der Waals surface area contributed by atoms with Gasteiger partial charge in [-0.25, -0.2) is 0 Å². The van der Waals surface area contributed by atoms with Crippen molar-refractivity contribution in [3.63, 3.8) is 0 Å². The van der Waals surface area contributed by atoms with Crippen molar-refractivity contribution in [3.8, 4) is 11.1 Å². The molecule has 6 nitrogen and oxygen atoms in total. The number of alkyl halides is 3. The zero-order valence-electron chi connectivity index (χ0n) is 15.9. The molecule has 0 aliphatic rings. The van der Waals surface area contributed by atoms with Crippen LogP contribution in [0.1, 0.15) is 21.6 Å². The topological polar surface area (TPSA) is 68.5 Å². The molecule has 3 rings (SSSR count). The SMILES string of the molecule is CO/N=C/c1ccc(-c2ccccc2NC(=O)c2cn(C)nc2C(F)(F)F)cc1Cl. The lowest BCUT2D eigenvalue weighted by Crippen LogP contribution is -2.18. The fraction of sp³-hybridized carbons (Fsp3) is 0.150. The Morgan fingerprint density at radius 3 is 2.67 bits per heavy atom. The van der Waals surface area contributed by atoms with Crippen LogP contribution in [0.25, 0.3) is 11.1 Å². The van der Waals surface area contributed by atoms with Crippen molar-refractivity contribution in [1.29, 1.82) is 0 Å².